The molecule has 136 valence electrons. The van der Waals surface area contributed by atoms with Gasteiger partial charge in [0.05, 0.1) is 0 Å². The van der Waals surface area contributed by atoms with E-state index in [0.717, 1.165) is 12.8 Å². The predicted octanol–water partition coefficient (Wildman–Crippen LogP) is 2.15. The molecule has 2 aromatic rings. The minimum Gasteiger partial charge on any atom is -0.356 e. The maximum atomic E-state index is 14.3. The number of urea groups is 1. The Morgan fingerprint density at radius 1 is 1.31 bits per heavy atom. The number of aromatic nitrogens is 2. The van der Waals surface area contributed by atoms with Crippen LogP contribution in [0.5, 0.6) is 0 Å². The number of nitrogens with zero attached hydrogens (tertiary/aromatic N) is 3. The summed E-state index contributed by atoms with van der Waals surface area (Å²) in [6.45, 7) is 1.88. The van der Waals surface area contributed by atoms with E-state index in [-0.39, 0.29) is 17.4 Å². The number of carbonyl (C=O) groups is 2. The number of halogens is 1. The van der Waals surface area contributed by atoms with E-state index >= 15 is 0 Å². The number of rotatable bonds is 2. The van der Waals surface area contributed by atoms with E-state index in [1.807, 2.05) is 0 Å². The molecule has 0 bridgehead atoms. The van der Waals surface area contributed by atoms with E-state index in [0.29, 0.717) is 37.4 Å². The predicted molar refractivity (Wildman–Crippen MR) is 93.4 cm³/mol. The summed E-state index contributed by atoms with van der Waals surface area (Å²) in [5.74, 6) is -0.365. The van der Waals surface area contributed by atoms with Crippen LogP contribution in [0.3, 0.4) is 0 Å². The summed E-state index contributed by atoms with van der Waals surface area (Å²) in [6, 6.07) is 6.00. The molecule has 0 radical (unpaired) electrons. The standard InChI is InChI=1S/C18H20FN5O2/c19-14-10-13(2-3-15(14)24-7-1-6-21-24)22-17(26)23-8-4-18(5-9-23)11-16(25)20-12-18/h1-3,6-7,10H,4-5,8-9,11-12H2,(H,20,25)(H,22,26). The summed E-state index contributed by atoms with van der Waals surface area (Å²) in [5, 5.41) is 9.63. The molecule has 1 spiro atoms. The van der Waals surface area contributed by atoms with Gasteiger partial charge in [-0.1, -0.05) is 0 Å². The monoisotopic (exact) mass is 357 g/mol. The van der Waals surface area contributed by atoms with Crippen LogP contribution in [0.1, 0.15) is 19.3 Å². The molecule has 26 heavy (non-hydrogen) atoms. The molecule has 8 heteroatoms. The van der Waals surface area contributed by atoms with E-state index in [4.69, 9.17) is 0 Å². The number of amides is 3. The third-order valence-corrected chi connectivity index (χ3v) is 5.26. The van der Waals surface area contributed by atoms with Crippen molar-refractivity contribution in [1.29, 1.82) is 0 Å². The fourth-order valence-corrected chi connectivity index (χ4v) is 3.67. The number of likely N-dealkylation sites (tertiary alicyclic amines) is 1. The fourth-order valence-electron chi connectivity index (χ4n) is 3.67. The SMILES string of the molecule is O=C1CC2(CCN(C(=O)Nc3ccc(-n4cccn4)c(F)c3)CC2)CN1. The highest BCUT2D eigenvalue weighted by atomic mass is 19.1. The number of anilines is 1. The van der Waals surface area contributed by atoms with E-state index in [1.54, 1.807) is 35.5 Å². The van der Waals surface area contributed by atoms with Crippen molar-refractivity contribution in [3.05, 3.63) is 42.5 Å². The number of hydrogen-bond acceptors (Lipinski definition) is 3. The Labute approximate surface area is 150 Å². The third-order valence-electron chi connectivity index (χ3n) is 5.26. The molecule has 2 N–H and O–H groups in total. The summed E-state index contributed by atoms with van der Waals surface area (Å²) < 4.78 is 15.7. The molecule has 3 amide bonds. The van der Waals surface area contributed by atoms with Gasteiger partial charge in [0.25, 0.3) is 0 Å². The molecular formula is C18H20FN5O2. The highest BCUT2D eigenvalue weighted by molar-refractivity contribution is 5.89. The van der Waals surface area contributed by atoms with Gasteiger partial charge in [0.15, 0.2) is 5.82 Å². The lowest BCUT2D eigenvalue weighted by atomic mass is 9.78. The Morgan fingerprint density at radius 2 is 2.12 bits per heavy atom. The van der Waals surface area contributed by atoms with Crippen LogP contribution in [0, 0.1) is 11.2 Å². The van der Waals surface area contributed by atoms with Gasteiger partial charge in [-0.05, 0) is 42.5 Å². The van der Waals surface area contributed by atoms with Crippen LogP contribution >= 0.6 is 0 Å². The average molecular weight is 357 g/mol. The molecule has 2 fully saturated rings. The maximum absolute atomic E-state index is 14.3. The second-order valence-corrected chi connectivity index (χ2v) is 6.99. The van der Waals surface area contributed by atoms with E-state index in [2.05, 4.69) is 15.7 Å². The minimum absolute atomic E-state index is 0.00855. The molecule has 0 unspecified atom stereocenters. The van der Waals surface area contributed by atoms with E-state index in [1.165, 1.54) is 10.7 Å². The Kier molecular flexibility index (Phi) is 4.10. The maximum Gasteiger partial charge on any atom is 0.321 e. The zero-order chi connectivity index (χ0) is 18.1. The van der Waals surface area contributed by atoms with Gasteiger partial charge in [-0.25, -0.2) is 13.9 Å². The largest absolute Gasteiger partial charge is 0.356 e. The first-order valence-corrected chi connectivity index (χ1v) is 8.67. The normalized spacial score (nSPS) is 18.8. The van der Waals surface area contributed by atoms with E-state index in [9.17, 15) is 14.0 Å². The molecule has 2 saturated heterocycles. The van der Waals surface area contributed by atoms with Crippen molar-refractivity contribution in [3.63, 3.8) is 0 Å². The molecule has 4 rings (SSSR count). The van der Waals surface area contributed by atoms with Crippen molar-refractivity contribution in [2.24, 2.45) is 5.41 Å². The molecule has 7 nitrogen and oxygen atoms in total. The van der Waals surface area contributed by atoms with Crippen molar-refractivity contribution < 1.29 is 14.0 Å². The second-order valence-electron chi connectivity index (χ2n) is 6.99. The highest BCUT2D eigenvalue weighted by Gasteiger charge is 2.41. The Hall–Kier alpha value is -2.90. The lowest BCUT2D eigenvalue weighted by Crippen LogP contribution is -2.45. The van der Waals surface area contributed by atoms with Crippen LogP contribution in [0.2, 0.25) is 0 Å². The Balaban J connectivity index is 1.38. The number of nitrogens with one attached hydrogen (secondary N) is 2. The first-order chi connectivity index (χ1) is 12.5. The summed E-state index contributed by atoms with van der Waals surface area (Å²) >= 11 is 0. The molecule has 1 aromatic carbocycles. The molecule has 0 aliphatic carbocycles. The summed E-state index contributed by atoms with van der Waals surface area (Å²) in [6.07, 6.45) is 5.37. The van der Waals surface area contributed by atoms with Gasteiger partial charge in [0.2, 0.25) is 5.91 Å². The number of piperidine rings is 1. The molecule has 1 aromatic heterocycles. The first kappa shape index (κ1) is 16.6. The Morgan fingerprint density at radius 3 is 2.73 bits per heavy atom. The van der Waals surface area contributed by atoms with Crippen molar-refractivity contribution in [2.45, 2.75) is 19.3 Å². The zero-order valence-corrected chi connectivity index (χ0v) is 14.2. The fraction of sp³-hybridized carbons (Fsp3) is 0.389. The van der Waals surface area contributed by atoms with Crippen LogP contribution < -0.4 is 10.6 Å². The topological polar surface area (TPSA) is 79.3 Å². The average Bonchev–Trinajstić information content (AvgIpc) is 3.26. The molecular weight excluding hydrogens is 337 g/mol. The van der Waals surface area contributed by atoms with Crippen LogP contribution in [-0.2, 0) is 4.79 Å². The lowest BCUT2D eigenvalue weighted by Gasteiger charge is -2.38. The van der Waals surface area contributed by atoms with Gasteiger partial charge >= 0.3 is 6.03 Å². The smallest absolute Gasteiger partial charge is 0.321 e. The van der Waals surface area contributed by atoms with Gasteiger partial charge in [0, 0.05) is 44.1 Å². The van der Waals surface area contributed by atoms with Crippen molar-refractivity contribution in [2.75, 3.05) is 25.0 Å². The molecule has 3 heterocycles. The van der Waals surface area contributed by atoms with E-state index < -0.39 is 5.82 Å². The van der Waals surface area contributed by atoms with Gasteiger partial charge in [-0.15, -0.1) is 0 Å². The van der Waals surface area contributed by atoms with Gasteiger partial charge in [0.1, 0.15) is 5.69 Å². The zero-order valence-electron chi connectivity index (χ0n) is 14.2. The van der Waals surface area contributed by atoms with Gasteiger partial charge < -0.3 is 15.5 Å². The van der Waals surface area contributed by atoms with Crippen LogP contribution in [0.15, 0.2) is 36.7 Å². The Bertz CT molecular complexity index is 828. The third kappa shape index (κ3) is 3.14. The van der Waals surface area contributed by atoms with Gasteiger partial charge in [-0.3, -0.25) is 4.79 Å². The van der Waals surface area contributed by atoms with Crippen molar-refractivity contribution >= 4 is 17.6 Å². The van der Waals surface area contributed by atoms with Crippen molar-refractivity contribution in [1.82, 2.24) is 20.0 Å². The molecule has 0 saturated carbocycles. The molecule has 2 aliphatic rings. The lowest BCUT2D eigenvalue weighted by molar-refractivity contribution is -0.119. The summed E-state index contributed by atoms with van der Waals surface area (Å²) in [4.78, 5) is 25.6. The quantitative estimate of drug-likeness (QED) is 0.864. The number of carbonyl (C=O) groups excluding carboxylic acids is 2. The highest BCUT2D eigenvalue weighted by Crippen LogP contribution is 2.37. The second kappa shape index (κ2) is 6.44. The van der Waals surface area contributed by atoms with Crippen molar-refractivity contribution in [3.8, 4) is 5.69 Å². The van der Waals surface area contributed by atoms with Crippen LogP contribution in [0.25, 0.3) is 5.69 Å². The minimum atomic E-state index is -0.459. The van der Waals surface area contributed by atoms with Gasteiger partial charge in [-0.2, -0.15) is 5.10 Å². The summed E-state index contributed by atoms with van der Waals surface area (Å²) in [7, 11) is 0. The van der Waals surface area contributed by atoms with Crippen LogP contribution in [0.4, 0.5) is 14.9 Å². The molecule has 2 aliphatic heterocycles. The summed E-state index contributed by atoms with van der Waals surface area (Å²) in [5.41, 5.74) is 0.721. The van der Waals surface area contributed by atoms with Crippen LogP contribution in [-0.4, -0.2) is 46.3 Å². The number of benzene rings is 1. The first-order valence-electron chi connectivity index (χ1n) is 8.67. The number of hydrogen-bond donors (Lipinski definition) is 2. The molecule has 0 atom stereocenters.